The van der Waals surface area contributed by atoms with Gasteiger partial charge in [-0.3, -0.25) is 4.79 Å². The molecule has 0 aromatic heterocycles. The molecular formula is C13H11N2O2+. The number of carbonyl (C=O) groups is 1. The molecule has 0 amide bonds. The minimum Gasteiger partial charge on any atom is -0.355 e. The van der Waals surface area contributed by atoms with Crippen molar-refractivity contribution in [3.8, 4) is 0 Å². The van der Waals surface area contributed by atoms with E-state index in [1.54, 1.807) is 41.6 Å². The van der Waals surface area contributed by atoms with Crippen LogP contribution in [0.2, 0.25) is 0 Å². The van der Waals surface area contributed by atoms with Crippen LogP contribution >= 0.6 is 0 Å². The van der Waals surface area contributed by atoms with Crippen molar-refractivity contribution < 1.29 is 9.97 Å². The second-order valence-corrected chi connectivity index (χ2v) is 3.51. The number of carbonyl (C=O) groups excluding carboxylic acids is 1. The highest BCUT2D eigenvalue weighted by molar-refractivity contribution is 5.85. The van der Waals surface area contributed by atoms with Gasteiger partial charge in [0.1, 0.15) is 0 Å². The van der Waals surface area contributed by atoms with Gasteiger partial charge < -0.3 is 5.32 Å². The smallest absolute Gasteiger partial charge is 0.253 e. The molecule has 2 rings (SSSR count). The fraction of sp³-hybridized carbons (Fsp3) is 0. The van der Waals surface area contributed by atoms with Gasteiger partial charge >= 0.3 is 0 Å². The summed E-state index contributed by atoms with van der Waals surface area (Å²) in [5.74, 6) is 0. The lowest BCUT2D eigenvalue weighted by Crippen LogP contribution is -2.55. The van der Waals surface area contributed by atoms with Crippen LogP contribution < -0.4 is 10.5 Å². The first-order valence-corrected chi connectivity index (χ1v) is 5.13. The van der Waals surface area contributed by atoms with Gasteiger partial charge in [0, 0.05) is 39.2 Å². The summed E-state index contributed by atoms with van der Waals surface area (Å²) in [4.78, 5) is 21.2. The van der Waals surface area contributed by atoms with Crippen molar-refractivity contribution in [2.24, 2.45) is 0 Å². The van der Waals surface area contributed by atoms with E-state index in [-0.39, 0.29) is 0 Å². The zero-order valence-electron chi connectivity index (χ0n) is 9.01. The SMILES string of the molecule is O=Cc1ccccc1Nc1ccc([NH+]=O)cc1. The molecule has 0 atom stereocenters. The molecule has 2 aromatic carbocycles. The molecule has 0 fully saturated rings. The van der Waals surface area contributed by atoms with E-state index >= 15 is 0 Å². The first kappa shape index (κ1) is 11.0. The van der Waals surface area contributed by atoms with Gasteiger partial charge in [-0.1, -0.05) is 12.1 Å². The van der Waals surface area contributed by atoms with Gasteiger partial charge in [0.05, 0.1) is 0 Å². The molecular weight excluding hydrogens is 216 g/mol. The molecule has 2 N–H and O–H groups in total. The Hall–Kier alpha value is -2.49. The number of hydrogen-bond acceptors (Lipinski definition) is 3. The Balaban J connectivity index is 2.24. The number of nitroso groups, excluding NO2 is 1. The second-order valence-electron chi connectivity index (χ2n) is 3.51. The Morgan fingerprint density at radius 3 is 2.35 bits per heavy atom. The standard InChI is InChI=1S/C13H10N2O2/c16-9-10-3-1-2-4-13(10)14-11-5-7-12(15-17)8-6-11/h1-9,14H/p+1. The van der Waals surface area contributed by atoms with Gasteiger partial charge in [0.15, 0.2) is 6.29 Å². The summed E-state index contributed by atoms with van der Waals surface area (Å²) in [6.45, 7) is 0. The number of anilines is 2. The lowest BCUT2D eigenvalue weighted by molar-refractivity contribution is -0.379. The summed E-state index contributed by atoms with van der Waals surface area (Å²) >= 11 is 0. The van der Waals surface area contributed by atoms with Crippen molar-refractivity contribution in [3.05, 3.63) is 59.0 Å². The molecule has 0 spiro atoms. The highest BCUT2D eigenvalue weighted by Crippen LogP contribution is 2.19. The van der Waals surface area contributed by atoms with Gasteiger partial charge in [-0.05, 0) is 24.3 Å². The quantitative estimate of drug-likeness (QED) is 0.782. The Labute approximate surface area is 98.3 Å². The number of aldehydes is 1. The lowest BCUT2D eigenvalue weighted by atomic mass is 10.2. The summed E-state index contributed by atoms with van der Waals surface area (Å²) < 4.78 is 0. The topological polar surface area (TPSA) is 60.1 Å². The second kappa shape index (κ2) is 5.03. The van der Waals surface area contributed by atoms with E-state index in [0.717, 1.165) is 17.7 Å². The normalized spacial score (nSPS) is 9.65. The maximum atomic E-state index is 10.8. The van der Waals surface area contributed by atoms with E-state index in [9.17, 15) is 9.70 Å². The van der Waals surface area contributed by atoms with Crippen molar-refractivity contribution in [3.63, 3.8) is 0 Å². The van der Waals surface area contributed by atoms with Crippen molar-refractivity contribution >= 4 is 23.3 Å². The summed E-state index contributed by atoms with van der Waals surface area (Å²) in [5.41, 5.74) is 2.65. The molecule has 0 aliphatic carbocycles. The third-order valence-corrected chi connectivity index (χ3v) is 2.37. The number of nitrogens with one attached hydrogen (secondary N) is 2. The molecule has 0 unspecified atom stereocenters. The van der Waals surface area contributed by atoms with Crippen molar-refractivity contribution in [2.45, 2.75) is 0 Å². The number of rotatable bonds is 4. The fourth-order valence-corrected chi connectivity index (χ4v) is 1.49. The molecule has 0 heterocycles. The maximum absolute atomic E-state index is 10.8. The highest BCUT2D eigenvalue weighted by Gasteiger charge is 2.02. The Morgan fingerprint density at radius 1 is 1.00 bits per heavy atom. The van der Waals surface area contributed by atoms with Crippen LogP contribution in [0.25, 0.3) is 0 Å². The molecule has 84 valence electrons. The minimum absolute atomic E-state index is 0.499. The molecule has 4 nitrogen and oxygen atoms in total. The number of benzene rings is 2. The van der Waals surface area contributed by atoms with Crippen molar-refractivity contribution in [1.29, 1.82) is 0 Å². The third-order valence-electron chi connectivity index (χ3n) is 2.37. The Bertz CT molecular complexity index is 535. The van der Waals surface area contributed by atoms with Gasteiger partial charge in [-0.15, -0.1) is 0 Å². The van der Waals surface area contributed by atoms with Crippen LogP contribution in [0.3, 0.4) is 0 Å². The minimum atomic E-state index is 0.499. The highest BCUT2D eigenvalue weighted by atomic mass is 16.3. The molecule has 0 bridgehead atoms. The van der Waals surface area contributed by atoms with Gasteiger partial charge in [0.2, 0.25) is 0 Å². The van der Waals surface area contributed by atoms with Crippen LogP contribution in [-0.2, 0) is 0 Å². The molecule has 4 heteroatoms. The average molecular weight is 227 g/mol. The summed E-state index contributed by atoms with van der Waals surface area (Å²) in [5, 5.41) is 4.92. The number of hydrogen-bond donors (Lipinski definition) is 2. The van der Waals surface area contributed by atoms with E-state index in [1.165, 1.54) is 0 Å². The van der Waals surface area contributed by atoms with E-state index in [2.05, 4.69) is 5.32 Å². The van der Waals surface area contributed by atoms with Crippen LogP contribution in [-0.4, -0.2) is 6.29 Å². The van der Waals surface area contributed by atoms with Crippen LogP contribution in [0.5, 0.6) is 0 Å². The van der Waals surface area contributed by atoms with E-state index in [0.29, 0.717) is 11.3 Å². The monoisotopic (exact) mass is 227 g/mol. The first-order valence-electron chi connectivity index (χ1n) is 5.13. The number of para-hydroxylation sites is 1. The Kier molecular flexibility index (Phi) is 3.25. The molecule has 0 saturated carbocycles. The zero-order valence-corrected chi connectivity index (χ0v) is 9.01. The maximum Gasteiger partial charge on any atom is 0.253 e. The molecule has 0 aliphatic heterocycles. The molecule has 17 heavy (non-hydrogen) atoms. The summed E-state index contributed by atoms with van der Waals surface area (Å²) in [6.07, 6.45) is 0.801. The molecule has 2 aromatic rings. The van der Waals surface area contributed by atoms with Gasteiger partial charge in [-0.2, -0.15) is 0 Å². The summed E-state index contributed by atoms with van der Waals surface area (Å²) in [6, 6.07) is 14.1. The van der Waals surface area contributed by atoms with Gasteiger partial charge in [-0.25, -0.2) is 0 Å². The van der Waals surface area contributed by atoms with Crippen LogP contribution in [0.15, 0.2) is 48.5 Å². The van der Waals surface area contributed by atoms with Crippen molar-refractivity contribution in [1.82, 2.24) is 0 Å². The van der Waals surface area contributed by atoms with Crippen LogP contribution in [0, 0.1) is 4.91 Å². The molecule has 0 saturated heterocycles. The van der Waals surface area contributed by atoms with E-state index in [1.807, 2.05) is 12.1 Å². The van der Waals surface area contributed by atoms with Crippen molar-refractivity contribution in [2.75, 3.05) is 5.32 Å². The zero-order chi connectivity index (χ0) is 12.1. The van der Waals surface area contributed by atoms with Crippen LogP contribution in [0.1, 0.15) is 10.4 Å². The summed E-state index contributed by atoms with van der Waals surface area (Å²) in [7, 11) is 0. The van der Waals surface area contributed by atoms with Gasteiger partial charge in [0.25, 0.3) is 5.69 Å². The fourth-order valence-electron chi connectivity index (χ4n) is 1.49. The lowest BCUT2D eigenvalue weighted by Gasteiger charge is -2.07. The predicted octanol–water partition coefficient (Wildman–Crippen LogP) is 1.72. The third kappa shape index (κ3) is 2.55. The largest absolute Gasteiger partial charge is 0.355 e. The average Bonchev–Trinajstić information content (AvgIpc) is 2.40. The molecule has 0 radical (unpaired) electrons. The van der Waals surface area contributed by atoms with E-state index < -0.39 is 0 Å². The van der Waals surface area contributed by atoms with Crippen LogP contribution in [0.4, 0.5) is 17.1 Å². The first-order chi connectivity index (χ1) is 8.33. The Morgan fingerprint density at radius 2 is 1.71 bits per heavy atom. The predicted molar refractivity (Wildman–Crippen MR) is 65.5 cm³/mol. The van der Waals surface area contributed by atoms with E-state index in [4.69, 9.17) is 0 Å². The molecule has 0 aliphatic rings.